The molecule has 0 fully saturated rings. The van der Waals surface area contributed by atoms with Gasteiger partial charge >= 0.3 is 0 Å². The number of aryl methyl sites for hydroxylation is 1. The van der Waals surface area contributed by atoms with Crippen molar-refractivity contribution in [3.8, 4) is 0 Å². The quantitative estimate of drug-likeness (QED) is 0.744. The zero-order valence-corrected chi connectivity index (χ0v) is 11.4. The van der Waals surface area contributed by atoms with Crippen molar-refractivity contribution in [2.75, 3.05) is 13.6 Å². The normalized spacial score (nSPS) is 10.9. The lowest BCUT2D eigenvalue weighted by molar-refractivity contribution is 0.0939. The number of rotatable bonds is 6. The van der Waals surface area contributed by atoms with Crippen molar-refractivity contribution in [2.24, 2.45) is 0 Å². The highest BCUT2D eigenvalue weighted by Crippen LogP contribution is 2.10. The standard InChI is InChI=1S/C16H19NO2/c1-13-8-9-16(19-13)15(18)10-11-17(2)12-14-6-4-3-5-7-14/h3-9H,10-12H2,1-2H3. The zero-order valence-electron chi connectivity index (χ0n) is 11.4. The van der Waals surface area contributed by atoms with Crippen LogP contribution in [0.3, 0.4) is 0 Å². The Hall–Kier alpha value is -1.87. The van der Waals surface area contributed by atoms with Crippen molar-refractivity contribution in [1.82, 2.24) is 4.90 Å². The highest BCUT2D eigenvalue weighted by atomic mass is 16.3. The minimum atomic E-state index is 0.0630. The SMILES string of the molecule is Cc1ccc(C(=O)CCN(C)Cc2ccccc2)o1. The third-order valence-corrected chi connectivity index (χ3v) is 3.03. The van der Waals surface area contributed by atoms with E-state index in [0.29, 0.717) is 12.2 Å². The molecule has 0 spiro atoms. The van der Waals surface area contributed by atoms with Crippen molar-refractivity contribution >= 4 is 5.78 Å². The first-order valence-corrected chi connectivity index (χ1v) is 6.47. The number of carbonyl (C=O) groups excluding carboxylic acids is 1. The molecule has 0 saturated carbocycles. The van der Waals surface area contributed by atoms with Gasteiger partial charge in [0.25, 0.3) is 0 Å². The van der Waals surface area contributed by atoms with Crippen molar-refractivity contribution in [3.63, 3.8) is 0 Å². The van der Waals surface area contributed by atoms with Crippen LogP contribution in [0.25, 0.3) is 0 Å². The Morgan fingerprint density at radius 1 is 1.16 bits per heavy atom. The summed E-state index contributed by atoms with van der Waals surface area (Å²) in [4.78, 5) is 14.0. The number of furan rings is 1. The van der Waals surface area contributed by atoms with Crippen LogP contribution < -0.4 is 0 Å². The van der Waals surface area contributed by atoms with Gasteiger partial charge in [0.15, 0.2) is 11.5 Å². The molecule has 0 saturated heterocycles. The summed E-state index contributed by atoms with van der Waals surface area (Å²) >= 11 is 0. The van der Waals surface area contributed by atoms with E-state index in [1.165, 1.54) is 5.56 Å². The Labute approximate surface area is 113 Å². The number of Topliss-reactive ketones (excluding diaryl/α,β-unsaturated/α-hetero) is 1. The molecule has 0 aliphatic carbocycles. The second-order valence-corrected chi connectivity index (χ2v) is 4.81. The summed E-state index contributed by atoms with van der Waals surface area (Å²) < 4.78 is 5.33. The molecule has 1 heterocycles. The van der Waals surface area contributed by atoms with Gasteiger partial charge in [-0.3, -0.25) is 4.79 Å². The molecule has 0 amide bonds. The van der Waals surface area contributed by atoms with Crippen LogP contribution in [0.4, 0.5) is 0 Å². The van der Waals surface area contributed by atoms with Crippen LogP contribution in [0.2, 0.25) is 0 Å². The molecule has 0 unspecified atom stereocenters. The Morgan fingerprint density at radius 3 is 2.53 bits per heavy atom. The zero-order chi connectivity index (χ0) is 13.7. The van der Waals surface area contributed by atoms with Gasteiger partial charge in [-0.15, -0.1) is 0 Å². The van der Waals surface area contributed by atoms with Crippen molar-refractivity contribution in [1.29, 1.82) is 0 Å². The largest absolute Gasteiger partial charge is 0.458 e. The lowest BCUT2D eigenvalue weighted by Gasteiger charge is -2.15. The van der Waals surface area contributed by atoms with Gasteiger partial charge in [0.1, 0.15) is 5.76 Å². The molecule has 0 radical (unpaired) electrons. The fourth-order valence-corrected chi connectivity index (χ4v) is 1.97. The number of hydrogen-bond donors (Lipinski definition) is 0. The first-order valence-electron chi connectivity index (χ1n) is 6.47. The molecule has 1 aromatic carbocycles. The van der Waals surface area contributed by atoms with Crippen LogP contribution in [0.5, 0.6) is 0 Å². The summed E-state index contributed by atoms with van der Waals surface area (Å²) in [7, 11) is 2.02. The molecule has 0 N–H and O–H groups in total. The van der Waals surface area contributed by atoms with Crippen LogP contribution in [0, 0.1) is 6.92 Å². The van der Waals surface area contributed by atoms with Gasteiger partial charge in [-0.25, -0.2) is 0 Å². The lowest BCUT2D eigenvalue weighted by Crippen LogP contribution is -2.21. The topological polar surface area (TPSA) is 33.5 Å². The number of benzene rings is 1. The van der Waals surface area contributed by atoms with E-state index in [2.05, 4.69) is 17.0 Å². The molecule has 19 heavy (non-hydrogen) atoms. The van der Waals surface area contributed by atoms with Crippen LogP contribution in [-0.2, 0) is 6.54 Å². The van der Waals surface area contributed by atoms with Gasteiger partial charge < -0.3 is 9.32 Å². The van der Waals surface area contributed by atoms with E-state index in [9.17, 15) is 4.79 Å². The number of carbonyl (C=O) groups is 1. The number of nitrogens with zero attached hydrogens (tertiary/aromatic N) is 1. The summed E-state index contributed by atoms with van der Waals surface area (Å²) in [6.45, 7) is 3.43. The minimum Gasteiger partial charge on any atom is -0.458 e. The average Bonchev–Trinajstić information content (AvgIpc) is 2.84. The van der Waals surface area contributed by atoms with Gasteiger partial charge in [0.2, 0.25) is 0 Å². The monoisotopic (exact) mass is 257 g/mol. The molecule has 0 atom stereocenters. The predicted octanol–water partition coefficient (Wildman–Crippen LogP) is 3.29. The Kier molecular flexibility index (Phi) is 4.53. The van der Waals surface area contributed by atoms with Crippen LogP contribution in [0.1, 0.15) is 28.3 Å². The first-order chi connectivity index (χ1) is 9.15. The third-order valence-electron chi connectivity index (χ3n) is 3.03. The summed E-state index contributed by atoms with van der Waals surface area (Å²) in [6.07, 6.45) is 0.482. The van der Waals surface area contributed by atoms with Gasteiger partial charge in [-0.2, -0.15) is 0 Å². The predicted molar refractivity (Wildman–Crippen MR) is 75.2 cm³/mol. The summed E-state index contributed by atoms with van der Waals surface area (Å²) in [6, 6.07) is 13.8. The average molecular weight is 257 g/mol. The molecule has 0 aliphatic heterocycles. The van der Waals surface area contributed by atoms with Crippen LogP contribution >= 0.6 is 0 Å². The third kappa shape index (κ3) is 4.07. The minimum absolute atomic E-state index is 0.0630. The molecular weight excluding hydrogens is 238 g/mol. The molecular formula is C16H19NO2. The van der Waals surface area contributed by atoms with E-state index < -0.39 is 0 Å². The van der Waals surface area contributed by atoms with E-state index in [4.69, 9.17) is 4.42 Å². The maximum Gasteiger partial charge on any atom is 0.199 e. The van der Waals surface area contributed by atoms with Gasteiger partial charge in [-0.1, -0.05) is 30.3 Å². The fraction of sp³-hybridized carbons (Fsp3) is 0.312. The summed E-state index contributed by atoms with van der Waals surface area (Å²) in [5, 5.41) is 0. The van der Waals surface area contributed by atoms with Crippen LogP contribution in [0.15, 0.2) is 46.9 Å². The number of hydrogen-bond acceptors (Lipinski definition) is 3. The molecule has 0 bridgehead atoms. The molecule has 2 aromatic rings. The Balaban J connectivity index is 1.80. The van der Waals surface area contributed by atoms with E-state index in [1.54, 1.807) is 6.07 Å². The van der Waals surface area contributed by atoms with E-state index in [-0.39, 0.29) is 5.78 Å². The molecule has 3 heteroatoms. The van der Waals surface area contributed by atoms with Gasteiger partial charge in [0, 0.05) is 19.5 Å². The molecule has 0 aliphatic rings. The summed E-state index contributed by atoms with van der Waals surface area (Å²) in [5.74, 6) is 1.31. The van der Waals surface area contributed by atoms with Crippen molar-refractivity contribution in [3.05, 3.63) is 59.5 Å². The Bertz CT molecular complexity index is 531. The molecule has 2 rings (SSSR count). The van der Waals surface area contributed by atoms with E-state index in [0.717, 1.165) is 18.8 Å². The second kappa shape index (κ2) is 6.34. The lowest BCUT2D eigenvalue weighted by atomic mass is 10.2. The summed E-state index contributed by atoms with van der Waals surface area (Å²) in [5.41, 5.74) is 1.26. The molecule has 100 valence electrons. The first kappa shape index (κ1) is 13.6. The fourth-order valence-electron chi connectivity index (χ4n) is 1.97. The van der Waals surface area contributed by atoms with Crippen molar-refractivity contribution < 1.29 is 9.21 Å². The maximum absolute atomic E-state index is 11.9. The number of ketones is 1. The smallest absolute Gasteiger partial charge is 0.199 e. The van der Waals surface area contributed by atoms with Gasteiger partial charge in [0.05, 0.1) is 0 Å². The van der Waals surface area contributed by atoms with Gasteiger partial charge in [-0.05, 0) is 31.7 Å². The van der Waals surface area contributed by atoms with Crippen LogP contribution in [-0.4, -0.2) is 24.3 Å². The van der Waals surface area contributed by atoms with E-state index >= 15 is 0 Å². The van der Waals surface area contributed by atoms with E-state index in [1.807, 2.05) is 38.2 Å². The highest BCUT2D eigenvalue weighted by molar-refractivity contribution is 5.93. The highest BCUT2D eigenvalue weighted by Gasteiger charge is 2.11. The Morgan fingerprint density at radius 2 is 1.89 bits per heavy atom. The molecule has 3 nitrogen and oxygen atoms in total. The second-order valence-electron chi connectivity index (χ2n) is 4.81. The van der Waals surface area contributed by atoms with Crippen molar-refractivity contribution in [2.45, 2.75) is 19.9 Å². The molecule has 1 aromatic heterocycles. The maximum atomic E-state index is 11.9.